The van der Waals surface area contributed by atoms with Crippen LogP contribution in [0.4, 0.5) is 10.2 Å². The fourth-order valence-electron chi connectivity index (χ4n) is 1.58. The molecule has 5 nitrogen and oxygen atoms in total. The van der Waals surface area contributed by atoms with Crippen LogP contribution < -0.4 is 11.1 Å². The number of hydrogen-bond acceptors (Lipinski definition) is 4. The normalized spacial score (nSPS) is 10.2. The molecule has 0 aliphatic carbocycles. The number of anilines is 1. The summed E-state index contributed by atoms with van der Waals surface area (Å²) in [7, 11) is 0. The van der Waals surface area contributed by atoms with Crippen molar-refractivity contribution in [2.75, 3.05) is 11.9 Å². The Labute approximate surface area is 109 Å². The maximum Gasteiger partial charge on any atom is 0.269 e. The highest BCUT2D eigenvalue weighted by Crippen LogP contribution is 2.08. The van der Waals surface area contributed by atoms with Crippen LogP contribution in [-0.2, 0) is 6.42 Å². The van der Waals surface area contributed by atoms with Gasteiger partial charge in [-0.1, -0.05) is 18.2 Å². The molecule has 98 valence electrons. The Kier molecular flexibility index (Phi) is 4.02. The van der Waals surface area contributed by atoms with Gasteiger partial charge >= 0.3 is 0 Å². The molecule has 19 heavy (non-hydrogen) atoms. The maximum atomic E-state index is 13.4. The Balaban J connectivity index is 1.89. The van der Waals surface area contributed by atoms with E-state index in [0.29, 0.717) is 24.3 Å². The lowest BCUT2D eigenvalue weighted by Crippen LogP contribution is -2.14. The van der Waals surface area contributed by atoms with Gasteiger partial charge in [-0.3, -0.25) is 4.79 Å². The second-order valence-electron chi connectivity index (χ2n) is 3.94. The number of nitrogens with zero attached hydrogens (tertiary/aromatic N) is 2. The largest absolute Gasteiger partial charge is 0.368 e. The molecule has 0 aliphatic heterocycles. The highest BCUT2D eigenvalue weighted by molar-refractivity contribution is 5.90. The van der Waals surface area contributed by atoms with Gasteiger partial charge in [0.15, 0.2) is 5.69 Å². The lowest BCUT2D eigenvalue weighted by atomic mass is 10.1. The Bertz CT molecular complexity index is 571. The van der Waals surface area contributed by atoms with Gasteiger partial charge in [0.05, 0.1) is 0 Å². The number of amides is 1. The van der Waals surface area contributed by atoms with Gasteiger partial charge in [0.1, 0.15) is 11.6 Å². The summed E-state index contributed by atoms with van der Waals surface area (Å²) >= 11 is 0. The Morgan fingerprint density at radius 3 is 2.63 bits per heavy atom. The maximum absolute atomic E-state index is 13.4. The quantitative estimate of drug-likeness (QED) is 0.850. The predicted molar refractivity (Wildman–Crippen MR) is 69.1 cm³/mol. The van der Waals surface area contributed by atoms with E-state index < -0.39 is 5.91 Å². The van der Waals surface area contributed by atoms with Crippen LogP contribution in [0.25, 0.3) is 0 Å². The molecule has 1 heterocycles. The first-order valence-electron chi connectivity index (χ1n) is 5.77. The van der Waals surface area contributed by atoms with Crippen LogP contribution in [0.5, 0.6) is 0 Å². The summed E-state index contributed by atoms with van der Waals surface area (Å²) < 4.78 is 13.4. The molecule has 1 amide bonds. The van der Waals surface area contributed by atoms with E-state index >= 15 is 0 Å². The number of carbonyl (C=O) groups excluding carboxylic acids is 1. The number of hydrogen-bond donors (Lipinski definition) is 2. The van der Waals surface area contributed by atoms with Gasteiger partial charge in [0, 0.05) is 6.54 Å². The minimum absolute atomic E-state index is 0.111. The number of nitrogens with one attached hydrogen (secondary N) is 1. The average molecular weight is 260 g/mol. The monoisotopic (exact) mass is 260 g/mol. The number of benzene rings is 1. The van der Waals surface area contributed by atoms with E-state index in [-0.39, 0.29) is 11.5 Å². The van der Waals surface area contributed by atoms with Gasteiger partial charge in [-0.05, 0) is 30.2 Å². The van der Waals surface area contributed by atoms with Crippen LogP contribution in [0.1, 0.15) is 16.1 Å². The first kappa shape index (κ1) is 12.9. The Morgan fingerprint density at radius 2 is 2.00 bits per heavy atom. The summed E-state index contributed by atoms with van der Waals surface area (Å²) in [6.45, 7) is 0.519. The van der Waals surface area contributed by atoms with Crippen molar-refractivity contribution in [2.45, 2.75) is 6.42 Å². The highest BCUT2D eigenvalue weighted by atomic mass is 19.1. The van der Waals surface area contributed by atoms with Crippen molar-refractivity contribution >= 4 is 11.7 Å². The molecule has 0 unspecified atom stereocenters. The number of rotatable bonds is 5. The van der Waals surface area contributed by atoms with Crippen molar-refractivity contribution in [2.24, 2.45) is 5.73 Å². The summed E-state index contributed by atoms with van der Waals surface area (Å²) in [5.74, 6) is -0.328. The van der Waals surface area contributed by atoms with Gasteiger partial charge in [0.2, 0.25) is 0 Å². The van der Waals surface area contributed by atoms with Crippen molar-refractivity contribution in [1.82, 2.24) is 10.2 Å². The Hall–Kier alpha value is -2.50. The topological polar surface area (TPSA) is 80.9 Å². The lowest BCUT2D eigenvalue weighted by molar-refractivity contribution is 0.0994. The molecule has 0 aliphatic rings. The van der Waals surface area contributed by atoms with Crippen LogP contribution in [0.15, 0.2) is 36.4 Å². The molecule has 0 spiro atoms. The SMILES string of the molecule is NC(=O)c1ccc(NCCc2ccccc2F)nn1. The zero-order valence-electron chi connectivity index (χ0n) is 10.1. The minimum atomic E-state index is -0.620. The van der Waals surface area contributed by atoms with E-state index in [9.17, 15) is 9.18 Å². The van der Waals surface area contributed by atoms with Crippen LogP contribution >= 0.6 is 0 Å². The fourth-order valence-corrected chi connectivity index (χ4v) is 1.58. The lowest BCUT2D eigenvalue weighted by Gasteiger charge is -2.05. The molecule has 0 radical (unpaired) electrons. The highest BCUT2D eigenvalue weighted by Gasteiger charge is 2.03. The van der Waals surface area contributed by atoms with Crippen molar-refractivity contribution in [3.63, 3.8) is 0 Å². The third kappa shape index (κ3) is 3.48. The third-order valence-corrected chi connectivity index (χ3v) is 2.58. The zero-order chi connectivity index (χ0) is 13.7. The molecule has 1 aromatic carbocycles. The summed E-state index contributed by atoms with van der Waals surface area (Å²) in [6.07, 6.45) is 0.534. The summed E-state index contributed by atoms with van der Waals surface area (Å²) in [4.78, 5) is 10.8. The van der Waals surface area contributed by atoms with Crippen LogP contribution in [0.2, 0.25) is 0 Å². The van der Waals surface area contributed by atoms with Gasteiger partial charge in [-0.25, -0.2) is 4.39 Å². The number of primary amides is 1. The van der Waals surface area contributed by atoms with Gasteiger partial charge in [0.25, 0.3) is 5.91 Å². The van der Waals surface area contributed by atoms with Crippen LogP contribution in [0, 0.1) is 5.82 Å². The zero-order valence-corrected chi connectivity index (χ0v) is 10.1. The van der Waals surface area contributed by atoms with E-state index in [1.165, 1.54) is 12.1 Å². The van der Waals surface area contributed by atoms with Gasteiger partial charge in [-0.15, -0.1) is 10.2 Å². The van der Waals surface area contributed by atoms with E-state index in [0.717, 1.165) is 0 Å². The smallest absolute Gasteiger partial charge is 0.269 e. The van der Waals surface area contributed by atoms with E-state index in [1.807, 2.05) is 0 Å². The summed E-state index contributed by atoms with van der Waals surface area (Å²) in [5, 5.41) is 10.5. The molecular formula is C13H13FN4O. The average Bonchev–Trinajstić information content (AvgIpc) is 2.41. The van der Waals surface area contributed by atoms with E-state index in [4.69, 9.17) is 5.73 Å². The molecule has 0 saturated carbocycles. The fraction of sp³-hybridized carbons (Fsp3) is 0.154. The van der Waals surface area contributed by atoms with Gasteiger partial charge < -0.3 is 11.1 Å². The molecule has 6 heteroatoms. The minimum Gasteiger partial charge on any atom is -0.368 e. The van der Waals surface area contributed by atoms with E-state index in [1.54, 1.807) is 24.3 Å². The summed E-state index contributed by atoms with van der Waals surface area (Å²) in [5.41, 5.74) is 5.80. The van der Waals surface area contributed by atoms with Crippen molar-refractivity contribution < 1.29 is 9.18 Å². The van der Waals surface area contributed by atoms with Crippen LogP contribution in [-0.4, -0.2) is 22.6 Å². The number of halogens is 1. The standard InChI is InChI=1S/C13H13FN4O/c14-10-4-2-1-3-9(10)7-8-16-12-6-5-11(13(15)19)17-18-12/h1-6H,7-8H2,(H2,15,19)(H,16,18). The summed E-state index contributed by atoms with van der Waals surface area (Å²) in [6, 6.07) is 9.70. The first-order valence-corrected chi connectivity index (χ1v) is 5.77. The number of aromatic nitrogens is 2. The first-order chi connectivity index (χ1) is 9.16. The van der Waals surface area contributed by atoms with Crippen molar-refractivity contribution in [3.8, 4) is 0 Å². The van der Waals surface area contributed by atoms with E-state index in [2.05, 4.69) is 15.5 Å². The Morgan fingerprint density at radius 1 is 1.21 bits per heavy atom. The second kappa shape index (κ2) is 5.90. The van der Waals surface area contributed by atoms with Crippen molar-refractivity contribution in [3.05, 3.63) is 53.5 Å². The van der Waals surface area contributed by atoms with Crippen LogP contribution in [0.3, 0.4) is 0 Å². The molecule has 2 rings (SSSR count). The molecule has 3 N–H and O–H groups in total. The third-order valence-electron chi connectivity index (χ3n) is 2.58. The molecule has 0 saturated heterocycles. The van der Waals surface area contributed by atoms with Crippen molar-refractivity contribution in [1.29, 1.82) is 0 Å². The number of nitrogens with two attached hydrogens (primary N) is 1. The number of carbonyl (C=O) groups is 1. The van der Waals surface area contributed by atoms with Gasteiger partial charge in [-0.2, -0.15) is 0 Å². The molecule has 0 atom stereocenters. The molecule has 2 aromatic rings. The molecule has 1 aromatic heterocycles. The molecule has 0 bridgehead atoms. The molecular weight excluding hydrogens is 247 g/mol. The molecule has 0 fully saturated rings. The second-order valence-corrected chi connectivity index (χ2v) is 3.94. The predicted octanol–water partition coefficient (Wildman–Crippen LogP) is 1.37.